The van der Waals surface area contributed by atoms with Crippen molar-refractivity contribution < 1.29 is 4.79 Å². The first-order valence-corrected chi connectivity index (χ1v) is 11.9. The van der Waals surface area contributed by atoms with Gasteiger partial charge in [0.25, 0.3) is 0 Å². The van der Waals surface area contributed by atoms with Crippen LogP contribution in [0.1, 0.15) is 43.8 Å². The number of aliphatic imine (C=N–C) groups is 1. The molecule has 1 aromatic rings. The fraction of sp³-hybridized carbons (Fsp3) is 0.762. The molecule has 3 rings (SSSR count). The van der Waals surface area contributed by atoms with E-state index in [-0.39, 0.29) is 6.04 Å². The van der Waals surface area contributed by atoms with Gasteiger partial charge in [-0.25, -0.2) is 4.98 Å². The molecular formula is C21H36N6OS. The van der Waals surface area contributed by atoms with Crippen LogP contribution in [-0.2, 0) is 11.2 Å². The van der Waals surface area contributed by atoms with Gasteiger partial charge in [0.15, 0.2) is 5.96 Å². The number of aryl methyl sites for hydroxylation is 2. The number of hydrogen-bond donors (Lipinski definition) is 1. The normalized spacial score (nSPS) is 19.6. The lowest BCUT2D eigenvalue weighted by Gasteiger charge is -2.39. The zero-order chi connectivity index (χ0) is 20.6. The van der Waals surface area contributed by atoms with E-state index in [1.165, 1.54) is 5.01 Å². The Morgan fingerprint density at radius 1 is 1.21 bits per heavy atom. The molecule has 1 aromatic heterocycles. The van der Waals surface area contributed by atoms with Gasteiger partial charge < -0.3 is 15.1 Å². The summed E-state index contributed by atoms with van der Waals surface area (Å²) in [5, 5.41) is 6.75. The highest BCUT2D eigenvalue weighted by molar-refractivity contribution is 7.09. The molecule has 2 fully saturated rings. The number of piperazine rings is 1. The Bertz CT molecular complexity index is 676. The molecule has 1 amide bonds. The highest BCUT2D eigenvalue weighted by atomic mass is 32.1. The monoisotopic (exact) mass is 420 g/mol. The van der Waals surface area contributed by atoms with Crippen molar-refractivity contribution in [3.05, 3.63) is 16.1 Å². The maximum atomic E-state index is 12.7. The van der Waals surface area contributed by atoms with E-state index < -0.39 is 0 Å². The lowest BCUT2D eigenvalue weighted by atomic mass is 10.2. The smallest absolute Gasteiger partial charge is 0.239 e. The zero-order valence-corrected chi connectivity index (χ0v) is 19.0. The standard InChI is InChI=1S/C21H36N6OS/c1-4-22-21(23-9-7-8-19-24-17(2)16-29-19)27-14-12-25(13-15-27)18(3)20(28)26-10-5-6-11-26/h16,18H,4-15H2,1-3H3,(H,22,23). The average Bonchev–Trinajstić information content (AvgIpc) is 3.41. The Hall–Kier alpha value is -1.67. The van der Waals surface area contributed by atoms with Gasteiger partial charge in [0.2, 0.25) is 5.91 Å². The minimum atomic E-state index is -0.0171. The second kappa shape index (κ2) is 10.9. The minimum Gasteiger partial charge on any atom is -0.357 e. The number of rotatable bonds is 7. The van der Waals surface area contributed by atoms with E-state index in [9.17, 15) is 4.79 Å². The predicted molar refractivity (Wildman–Crippen MR) is 120 cm³/mol. The number of thiazole rings is 1. The summed E-state index contributed by atoms with van der Waals surface area (Å²) in [6, 6.07) is -0.0171. The number of aromatic nitrogens is 1. The summed E-state index contributed by atoms with van der Waals surface area (Å²) in [5.41, 5.74) is 1.11. The summed E-state index contributed by atoms with van der Waals surface area (Å²) < 4.78 is 0. The summed E-state index contributed by atoms with van der Waals surface area (Å²) in [6.45, 7) is 13.4. The molecule has 0 spiro atoms. The highest BCUT2D eigenvalue weighted by Gasteiger charge is 2.30. The fourth-order valence-corrected chi connectivity index (χ4v) is 4.86. The van der Waals surface area contributed by atoms with Crippen LogP contribution in [0, 0.1) is 6.92 Å². The Balaban J connectivity index is 1.46. The molecule has 0 saturated carbocycles. The molecule has 2 aliphatic rings. The molecular weight excluding hydrogens is 384 g/mol. The molecule has 0 aromatic carbocycles. The first-order valence-electron chi connectivity index (χ1n) is 11.1. The maximum Gasteiger partial charge on any atom is 0.239 e. The van der Waals surface area contributed by atoms with Gasteiger partial charge in [0.1, 0.15) is 0 Å². The van der Waals surface area contributed by atoms with Gasteiger partial charge >= 0.3 is 0 Å². The largest absolute Gasteiger partial charge is 0.357 e. The second-order valence-corrected chi connectivity index (χ2v) is 8.90. The lowest BCUT2D eigenvalue weighted by molar-refractivity contribution is -0.135. The first kappa shape index (κ1) is 22.0. The van der Waals surface area contributed by atoms with Gasteiger partial charge in [-0.15, -0.1) is 11.3 Å². The van der Waals surface area contributed by atoms with E-state index >= 15 is 0 Å². The van der Waals surface area contributed by atoms with Crippen molar-refractivity contribution in [2.24, 2.45) is 4.99 Å². The lowest BCUT2D eigenvalue weighted by Crippen LogP contribution is -2.57. The van der Waals surface area contributed by atoms with Crippen LogP contribution in [0.2, 0.25) is 0 Å². The molecule has 162 valence electrons. The molecule has 7 nitrogen and oxygen atoms in total. The van der Waals surface area contributed by atoms with Gasteiger partial charge in [0, 0.05) is 69.9 Å². The number of carbonyl (C=O) groups is 1. The van der Waals surface area contributed by atoms with Crippen LogP contribution in [0.5, 0.6) is 0 Å². The van der Waals surface area contributed by atoms with Crippen LogP contribution in [0.3, 0.4) is 0 Å². The van der Waals surface area contributed by atoms with Crippen LogP contribution in [-0.4, -0.2) is 90.0 Å². The second-order valence-electron chi connectivity index (χ2n) is 7.95. The van der Waals surface area contributed by atoms with Crippen molar-refractivity contribution in [2.75, 3.05) is 52.4 Å². The van der Waals surface area contributed by atoms with Crippen LogP contribution in [0.4, 0.5) is 0 Å². The number of amides is 1. The minimum absolute atomic E-state index is 0.0171. The van der Waals surface area contributed by atoms with E-state index in [2.05, 4.69) is 39.3 Å². The Kier molecular flexibility index (Phi) is 8.29. The molecule has 29 heavy (non-hydrogen) atoms. The Morgan fingerprint density at radius 2 is 1.93 bits per heavy atom. The number of guanidine groups is 1. The first-order chi connectivity index (χ1) is 14.1. The molecule has 0 bridgehead atoms. The van der Waals surface area contributed by atoms with Gasteiger partial charge in [-0.1, -0.05) is 0 Å². The van der Waals surface area contributed by atoms with Crippen LogP contribution >= 0.6 is 11.3 Å². The summed E-state index contributed by atoms with van der Waals surface area (Å²) >= 11 is 1.74. The molecule has 1 unspecified atom stereocenters. The Morgan fingerprint density at radius 3 is 2.55 bits per heavy atom. The van der Waals surface area contributed by atoms with E-state index in [4.69, 9.17) is 4.99 Å². The third-order valence-electron chi connectivity index (χ3n) is 5.75. The molecule has 1 N–H and O–H groups in total. The van der Waals surface area contributed by atoms with Crippen LogP contribution in [0.25, 0.3) is 0 Å². The number of nitrogens with zero attached hydrogens (tertiary/aromatic N) is 5. The highest BCUT2D eigenvalue weighted by Crippen LogP contribution is 2.14. The van der Waals surface area contributed by atoms with Crippen molar-refractivity contribution in [1.29, 1.82) is 0 Å². The average molecular weight is 421 g/mol. The maximum absolute atomic E-state index is 12.7. The molecule has 0 radical (unpaired) electrons. The summed E-state index contributed by atoms with van der Waals surface area (Å²) in [4.78, 5) is 28.7. The van der Waals surface area contributed by atoms with Crippen molar-refractivity contribution in [1.82, 2.24) is 25.0 Å². The third kappa shape index (κ3) is 6.15. The van der Waals surface area contributed by atoms with Gasteiger partial charge in [-0.2, -0.15) is 0 Å². The van der Waals surface area contributed by atoms with Gasteiger partial charge in [-0.05, 0) is 40.0 Å². The number of nitrogens with one attached hydrogen (secondary N) is 1. The van der Waals surface area contributed by atoms with Gasteiger partial charge in [0.05, 0.1) is 11.0 Å². The van der Waals surface area contributed by atoms with Crippen molar-refractivity contribution >= 4 is 23.2 Å². The molecule has 2 aliphatic heterocycles. The van der Waals surface area contributed by atoms with E-state index in [1.54, 1.807) is 11.3 Å². The molecule has 1 atom stereocenters. The fourth-order valence-electron chi connectivity index (χ4n) is 4.04. The van der Waals surface area contributed by atoms with Crippen molar-refractivity contribution in [3.8, 4) is 0 Å². The van der Waals surface area contributed by atoms with Crippen LogP contribution < -0.4 is 5.32 Å². The van der Waals surface area contributed by atoms with Crippen molar-refractivity contribution in [3.63, 3.8) is 0 Å². The third-order valence-corrected chi connectivity index (χ3v) is 6.77. The topological polar surface area (TPSA) is 64.1 Å². The van der Waals surface area contributed by atoms with E-state index in [0.717, 1.165) is 89.7 Å². The van der Waals surface area contributed by atoms with Gasteiger partial charge in [-0.3, -0.25) is 14.7 Å². The van der Waals surface area contributed by atoms with E-state index in [1.807, 2.05) is 11.8 Å². The van der Waals surface area contributed by atoms with Crippen molar-refractivity contribution in [2.45, 2.75) is 52.5 Å². The molecule has 0 aliphatic carbocycles. The SMILES string of the molecule is CCNC(=NCCCc1nc(C)cs1)N1CCN(C(C)C(=O)N2CCCC2)CC1. The molecule has 3 heterocycles. The summed E-state index contributed by atoms with van der Waals surface area (Å²) in [7, 11) is 0. The summed E-state index contributed by atoms with van der Waals surface area (Å²) in [6.07, 6.45) is 4.31. The number of likely N-dealkylation sites (tertiary alicyclic amines) is 1. The quantitative estimate of drug-likeness (QED) is 0.415. The zero-order valence-electron chi connectivity index (χ0n) is 18.2. The Labute approximate surface area is 179 Å². The number of carbonyl (C=O) groups excluding carboxylic acids is 1. The predicted octanol–water partition coefficient (Wildman–Crippen LogP) is 1.98. The summed E-state index contributed by atoms with van der Waals surface area (Å²) in [5.74, 6) is 1.30. The molecule has 8 heteroatoms. The molecule has 2 saturated heterocycles. The van der Waals surface area contributed by atoms with Crippen LogP contribution in [0.15, 0.2) is 10.4 Å². The number of hydrogen-bond acceptors (Lipinski definition) is 5. The van der Waals surface area contributed by atoms with E-state index in [0.29, 0.717) is 5.91 Å².